The van der Waals surface area contributed by atoms with Crippen LogP contribution in [0.5, 0.6) is 0 Å². The topological polar surface area (TPSA) is 63.6 Å². The molecule has 0 amide bonds. The van der Waals surface area contributed by atoms with Crippen LogP contribution in [0, 0.1) is 5.92 Å². The van der Waals surface area contributed by atoms with Gasteiger partial charge in [0.25, 0.3) is 0 Å². The van der Waals surface area contributed by atoms with E-state index in [9.17, 15) is 14.7 Å². The van der Waals surface area contributed by atoms with Crippen molar-refractivity contribution in [2.45, 2.75) is 110 Å². The zero-order valence-electron chi connectivity index (χ0n) is 18.7. The number of allylic oxidation sites excluding steroid dienone is 2. The van der Waals surface area contributed by atoms with Crippen LogP contribution >= 0.6 is 0 Å². The first-order chi connectivity index (χ1) is 14.1. The Bertz CT molecular complexity index is 442. The number of carbonyl (C=O) groups excluding carboxylic acids is 1. The zero-order valence-corrected chi connectivity index (χ0v) is 18.7. The summed E-state index contributed by atoms with van der Waals surface area (Å²) in [6.07, 6.45) is 23.9. The average Bonchev–Trinajstić information content (AvgIpc) is 2.70. The summed E-state index contributed by atoms with van der Waals surface area (Å²) < 4.78 is 4.88. The fraction of sp³-hybridized carbons (Fsp3) is 0.760. The fourth-order valence-corrected chi connectivity index (χ4v) is 3.37. The highest BCUT2D eigenvalue weighted by atomic mass is 16.5. The van der Waals surface area contributed by atoms with Crippen molar-refractivity contribution in [2.75, 3.05) is 6.61 Å². The molecule has 1 N–H and O–H groups in total. The van der Waals surface area contributed by atoms with Crippen molar-refractivity contribution >= 4 is 11.9 Å². The number of esters is 1. The molecule has 29 heavy (non-hydrogen) atoms. The fourth-order valence-electron chi connectivity index (χ4n) is 3.37. The second-order valence-electron chi connectivity index (χ2n) is 7.94. The number of carbonyl (C=O) groups is 2. The number of hydrogen-bond acceptors (Lipinski definition) is 3. The van der Waals surface area contributed by atoms with Gasteiger partial charge in [-0.25, -0.2) is 0 Å². The Morgan fingerprint density at radius 1 is 0.862 bits per heavy atom. The molecule has 0 saturated carbocycles. The van der Waals surface area contributed by atoms with Crippen LogP contribution in [0.3, 0.4) is 0 Å². The van der Waals surface area contributed by atoms with Gasteiger partial charge in [-0.1, -0.05) is 102 Å². The molecular formula is C25H44O4. The maximum absolute atomic E-state index is 11.6. The standard InChI is InChI=1S/C25H44O4/c1-3-5-6-7-8-9-10-11-12-13-14-15-16-17-18-19-20-23(25(27)28)22-24(26)29-21-4-2/h4,6-7,23H,2-3,5,8-22H2,1H3,(H,27,28)/b7-6+. The van der Waals surface area contributed by atoms with Crippen molar-refractivity contribution in [1.29, 1.82) is 0 Å². The normalized spacial score (nSPS) is 12.2. The summed E-state index contributed by atoms with van der Waals surface area (Å²) in [5.74, 6) is -1.99. The van der Waals surface area contributed by atoms with Gasteiger partial charge in [0.15, 0.2) is 0 Å². The van der Waals surface area contributed by atoms with Crippen LogP contribution in [-0.2, 0) is 14.3 Å². The first-order valence-corrected chi connectivity index (χ1v) is 11.8. The lowest BCUT2D eigenvalue weighted by molar-refractivity contribution is -0.151. The number of unbranched alkanes of at least 4 members (excludes halogenated alkanes) is 12. The largest absolute Gasteiger partial charge is 0.481 e. The van der Waals surface area contributed by atoms with Gasteiger partial charge in [-0.15, -0.1) is 0 Å². The van der Waals surface area contributed by atoms with E-state index in [1.807, 2.05) is 0 Å². The molecule has 0 bridgehead atoms. The van der Waals surface area contributed by atoms with Gasteiger partial charge < -0.3 is 9.84 Å². The quantitative estimate of drug-likeness (QED) is 0.124. The lowest BCUT2D eigenvalue weighted by Crippen LogP contribution is -2.19. The molecule has 0 spiro atoms. The molecule has 4 heteroatoms. The summed E-state index contributed by atoms with van der Waals surface area (Å²) >= 11 is 0. The van der Waals surface area contributed by atoms with Gasteiger partial charge >= 0.3 is 11.9 Å². The molecule has 0 aliphatic carbocycles. The third-order valence-electron chi connectivity index (χ3n) is 5.17. The Labute approximate surface area is 178 Å². The van der Waals surface area contributed by atoms with Gasteiger partial charge in [-0.2, -0.15) is 0 Å². The molecule has 1 unspecified atom stereocenters. The lowest BCUT2D eigenvalue weighted by Gasteiger charge is -2.11. The van der Waals surface area contributed by atoms with E-state index in [1.54, 1.807) is 0 Å². The second-order valence-corrected chi connectivity index (χ2v) is 7.94. The van der Waals surface area contributed by atoms with Crippen LogP contribution in [0.4, 0.5) is 0 Å². The molecule has 0 saturated heterocycles. The van der Waals surface area contributed by atoms with Crippen molar-refractivity contribution in [3.8, 4) is 0 Å². The third kappa shape index (κ3) is 19.5. The summed E-state index contributed by atoms with van der Waals surface area (Å²) in [6.45, 7) is 5.83. The minimum Gasteiger partial charge on any atom is -0.481 e. The average molecular weight is 409 g/mol. The van der Waals surface area contributed by atoms with Crippen molar-refractivity contribution in [2.24, 2.45) is 5.92 Å². The molecule has 4 nitrogen and oxygen atoms in total. The van der Waals surface area contributed by atoms with Crippen molar-refractivity contribution < 1.29 is 19.4 Å². The van der Waals surface area contributed by atoms with Gasteiger partial charge in [0.1, 0.15) is 6.61 Å². The number of ether oxygens (including phenoxy) is 1. The van der Waals surface area contributed by atoms with Crippen molar-refractivity contribution in [3.05, 3.63) is 24.8 Å². The van der Waals surface area contributed by atoms with E-state index >= 15 is 0 Å². The summed E-state index contributed by atoms with van der Waals surface area (Å²) in [6, 6.07) is 0. The number of rotatable bonds is 21. The Morgan fingerprint density at radius 3 is 1.90 bits per heavy atom. The van der Waals surface area contributed by atoms with Gasteiger partial charge in [0, 0.05) is 0 Å². The van der Waals surface area contributed by atoms with Gasteiger partial charge in [-0.3, -0.25) is 9.59 Å². The Balaban J connectivity index is 3.47. The molecule has 0 aromatic heterocycles. The summed E-state index contributed by atoms with van der Waals surface area (Å²) in [4.78, 5) is 22.8. The summed E-state index contributed by atoms with van der Waals surface area (Å²) in [5.41, 5.74) is 0. The van der Waals surface area contributed by atoms with Crippen LogP contribution in [0.2, 0.25) is 0 Å². The molecule has 0 rings (SSSR count). The lowest BCUT2D eigenvalue weighted by atomic mass is 9.97. The minimum atomic E-state index is -0.905. The van der Waals surface area contributed by atoms with Crippen molar-refractivity contribution in [3.63, 3.8) is 0 Å². The number of carboxylic acid groups (broad SMARTS) is 1. The Hall–Kier alpha value is -1.58. The van der Waals surface area contributed by atoms with E-state index in [2.05, 4.69) is 25.7 Å². The van der Waals surface area contributed by atoms with Gasteiger partial charge in [0.2, 0.25) is 0 Å². The molecule has 0 aliphatic rings. The number of hydrogen-bond donors (Lipinski definition) is 1. The Kier molecular flexibility index (Phi) is 20.0. The highest BCUT2D eigenvalue weighted by Gasteiger charge is 2.21. The molecule has 0 heterocycles. The van der Waals surface area contributed by atoms with E-state index in [1.165, 1.54) is 76.7 Å². The van der Waals surface area contributed by atoms with Crippen LogP contribution < -0.4 is 0 Å². The molecule has 0 aromatic rings. The molecule has 168 valence electrons. The maximum Gasteiger partial charge on any atom is 0.307 e. The first kappa shape index (κ1) is 27.4. The van der Waals surface area contributed by atoms with Crippen LogP contribution in [0.25, 0.3) is 0 Å². The van der Waals surface area contributed by atoms with Gasteiger partial charge in [-0.05, 0) is 25.7 Å². The van der Waals surface area contributed by atoms with Crippen molar-refractivity contribution in [1.82, 2.24) is 0 Å². The van der Waals surface area contributed by atoms with Gasteiger partial charge in [0.05, 0.1) is 12.3 Å². The van der Waals surface area contributed by atoms with E-state index in [4.69, 9.17) is 4.74 Å². The minimum absolute atomic E-state index is 0.0435. The van der Waals surface area contributed by atoms with Crippen LogP contribution in [0.1, 0.15) is 110 Å². The van der Waals surface area contributed by atoms with Crippen LogP contribution in [0.15, 0.2) is 24.8 Å². The summed E-state index contributed by atoms with van der Waals surface area (Å²) in [5, 5.41) is 9.24. The molecule has 0 aliphatic heterocycles. The molecule has 0 radical (unpaired) electrons. The molecular weight excluding hydrogens is 364 g/mol. The molecule has 0 fully saturated rings. The smallest absolute Gasteiger partial charge is 0.307 e. The van der Waals surface area contributed by atoms with E-state index in [0.29, 0.717) is 6.42 Å². The highest BCUT2D eigenvalue weighted by molar-refractivity contribution is 5.78. The number of carboxylic acids is 1. The first-order valence-electron chi connectivity index (χ1n) is 11.8. The highest BCUT2D eigenvalue weighted by Crippen LogP contribution is 2.17. The maximum atomic E-state index is 11.6. The predicted octanol–water partition coefficient (Wildman–Crippen LogP) is 7.23. The Morgan fingerprint density at radius 2 is 1.38 bits per heavy atom. The summed E-state index contributed by atoms with van der Waals surface area (Å²) in [7, 11) is 0. The monoisotopic (exact) mass is 408 g/mol. The van der Waals surface area contributed by atoms with E-state index in [-0.39, 0.29) is 13.0 Å². The van der Waals surface area contributed by atoms with E-state index < -0.39 is 17.9 Å². The molecule has 0 aromatic carbocycles. The number of aliphatic carboxylic acids is 1. The molecule has 1 atom stereocenters. The van der Waals surface area contributed by atoms with Crippen LogP contribution in [-0.4, -0.2) is 23.7 Å². The second kappa shape index (κ2) is 21.1. The predicted molar refractivity (Wildman–Crippen MR) is 121 cm³/mol. The zero-order chi connectivity index (χ0) is 21.6. The van der Waals surface area contributed by atoms with E-state index in [0.717, 1.165) is 19.3 Å². The third-order valence-corrected chi connectivity index (χ3v) is 5.17. The SMILES string of the molecule is C=CCOC(=O)CC(CCCCCCCCCCCCC/C=C/CCC)C(=O)O.